The maximum Gasteiger partial charge on any atom is 0.242 e. The lowest BCUT2D eigenvalue weighted by molar-refractivity contribution is -0.138. The van der Waals surface area contributed by atoms with E-state index in [1.807, 2.05) is 63.2 Å². The average molecular weight is 447 g/mol. The van der Waals surface area contributed by atoms with Crippen molar-refractivity contribution < 1.29 is 9.59 Å². The zero-order chi connectivity index (χ0) is 22.1. The van der Waals surface area contributed by atoms with E-state index in [4.69, 9.17) is 11.6 Å². The number of nitrogens with one attached hydrogen (secondary N) is 1. The zero-order valence-corrected chi connectivity index (χ0v) is 19.7. The summed E-state index contributed by atoms with van der Waals surface area (Å²) in [6.45, 7) is 8.92. The molecule has 0 aliphatic heterocycles. The van der Waals surface area contributed by atoms with Gasteiger partial charge in [0.05, 0.1) is 5.75 Å². The van der Waals surface area contributed by atoms with Crippen LogP contribution in [0.25, 0.3) is 0 Å². The Balaban J connectivity index is 2.06. The highest BCUT2D eigenvalue weighted by atomic mass is 35.5. The van der Waals surface area contributed by atoms with Crippen molar-refractivity contribution in [1.29, 1.82) is 0 Å². The Bertz CT molecular complexity index is 857. The van der Waals surface area contributed by atoms with Gasteiger partial charge in [0.25, 0.3) is 0 Å². The molecule has 1 atom stereocenters. The SMILES string of the molecule is Cc1cccc(CN(C(=O)CSCc2cccc(Cl)c2)C(C)C(=O)NCC(C)C)c1. The molecule has 1 unspecified atom stereocenters. The third-order valence-electron chi connectivity index (χ3n) is 4.67. The van der Waals surface area contributed by atoms with Crippen molar-refractivity contribution >= 4 is 35.2 Å². The van der Waals surface area contributed by atoms with Gasteiger partial charge in [-0.3, -0.25) is 9.59 Å². The third-order valence-corrected chi connectivity index (χ3v) is 5.89. The van der Waals surface area contributed by atoms with Crippen LogP contribution in [0.1, 0.15) is 37.5 Å². The fraction of sp³-hybridized carbons (Fsp3) is 0.417. The number of carbonyl (C=O) groups excluding carboxylic acids is 2. The van der Waals surface area contributed by atoms with Gasteiger partial charge in [-0.25, -0.2) is 0 Å². The van der Waals surface area contributed by atoms with E-state index in [1.54, 1.807) is 11.8 Å². The Labute approximate surface area is 189 Å². The van der Waals surface area contributed by atoms with Crippen LogP contribution in [0, 0.1) is 12.8 Å². The number of hydrogen-bond acceptors (Lipinski definition) is 3. The maximum absolute atomic E-state index is 13.1. The van der Waals surface area contributed by atoms with Gasteiger partial charge in [-0.05, 0) is 43.0 Å². The fourth-order valence-corrected chi connectivity index (χ4v) is 4.08. The number of rotatable bonds is 10. The second kappa shape index (κ2) is 12.0. The number of thioether (sulfide) groups is 1. The van der Waals surface area contributed by atoms with Crippen LogP contribution in [0.4, 0.5) is 0 Å². The van der Waals surface area contributed by atoms with E-state index in [0.717, 1.165) is 16.7 Å². The van der Waals surface area contributed by atoms with Crippen molar-refractivity contribution in [1.82, 2.24) is 10.2 Å². The van der Waals surface area contributed by atoms with E-state index in [2.05, 4.69) is 11.4 Å². The van der Waals surface area contributed by atoms with Gasteiger partial charge in [-0.1, -0.05) is 67.4 Å². The molecule has 0 aliphatic carbocycles. The van der Waals surface area contributed by atoms with Gasteiger partial charge in [0, 0.05) is 23.9 Å². The first-order chi connectivity index (χ1) is 14.3. The normalized spacial score (nSPS) is 11.9. The highest BCUT2D eigenvalue weighted by molar-refractivity contribution is 7.99. The number of aryl methyl sites for hydroxylation is 1. The lowest BCUT2D eigenvalue weighted by atomic mass is 10.1. The molecule has 0 radical (unpaired) electrons. The first-order valence-electron chi connectivity index (χ1n) is 10.2. The Hall–Kier alpha value is -1.98. The summed E-state index contributed by atoms with van der Waals surface area (Å²) >= 11 is 7.57. The number of carbonyl (C=O) groups is 2. The monoisotopic (exact) mass is 446 g/mol. The Morgan fingerprint density at radius 2 is 1.77 bits per heavy atom. The summed E-state index contributed by atoms with van der Waals surface area (Å²) in [6, 6.07) is 15.2. The van der Waals surface area contributed by atoms with Crippen LogP contribution in [-0.4, -0.2) is 35.1 Å². The van der Waals surface area contributed by atoms with Crippen LogP contribution in [0.2, 0.25) is 5.02 Å². The van der Waals surface area contributed by atoms with Crippen molar-refractivity contribution in [3.8, 4) is 0 Å². The summed E-state index contributed by atoms with van der Waals surface area (Å²) in [5.74, 6) is 1.19. The van der Waals surface area contributed by atoms with Gasteiger partial charge in [-0.15, -0.1) is 11.8 Å². The van der Waals surface area contributed by atoms with Gasteiger partial charge >= 0.3 is 0 Å². The van der Waals surface area contributed by atoms with Gasteiger partial charge in [0.2, 0.25) is 11.8 Å². The summed E-state index contributed by atoms with van der Waals surface area (Å²) in [5.41, 5.74) is 3.23. The molecule has 0 aromatic heterocycles. The largest absolute Gasteiger partial charge is 0.354 e. The number of amides is 2. The van der Waals surface area contributed by atoms with Gasteiger partial charge < -0.3 is 10.2 Å². The molecule has 30 heavy (non-hydrogen) atoms. The number of hydrogen-bond donors (Lipinski definition) is 1. The van der Waals surface area contributed by atoms with E-state index in [0.29, 0.717) is 35.5 Å². The predicted octanol–water partition coefficient (Wildman–Crippen LogP) is 5.07. The van der Waals surface area contributed by atoms with E-state index in [-0.39, 0.29) is 11.8 Å². The molecule has 0 saturated heterocycles. The van der Waals surface area contributed by atoms with Crippen molar-refractivity contribution in [2.75, 3.05) is 12.3 Å². The van der Waals surface area contributed by atoms with Gasteiger partial charge in [0.1, 0.15) is 6.04 Å². The summed E-state index contributed by atoms with van der Waals surface area (Å²) < 4.78 is 0. The van der Waals surface area contributed by atoms with Crippen molar-refractivity contribution in [2.24, 2.45) is 5.92 Å². The molecule has 0 bridgehead atoms. The molecule has 2 rings (SSSR count). The standard InChI is InChI=1S/C24H31ClN2O2S/c1-17(2)13-26-24(29)19(4)27(14-20-8-5-7-18(3)11-20)23(28)16-30-15-21-9-6-10-22(25)12-21/h5-12,17,19H,13-16H2,1-4H3,(H,26,29). The maximum atomic E-state index is 13.1. The molecule has 162 valence electrons. The van der Waals surface area contributed by atoms with Gasteiger partial charge in [0.15, 0.2) is 0 Å². The Morgan fingerprint density at radius 3 is 2.43 bits per heavy atom. The number of nitrogens with zero attached hydrogens (tertiary/aromatic N) is 1. The van der Waals surface area contributed by atoms with Crippen LogP contribution in [0.15, 0.2) is 48.5 Å². The third kappa shape index (κ3) is 8.04. The van der Waals surface area contributed by atoms with Gasteiger partial charge in [-0.2, -0.15) is 0 Å². The predicted molar refractivity (Wildman–Crippen MR) is 127 cm³/mol. The van der Waals surface area contributed by atoms with Crippen LogP contribution in [0.5, 0.6) is 0 Å². The zero-order valence-electron chi connectivity index (χ0n) is 18.2. The molecule has 0 heterocycles. The highest BCUT2D eigenvalue weighted by Gasteiger charge is 2.26. The first kappa shape index (κ1) is 24.3. The van der Waals surface area contributed by atoms with Crippen LogP contribution < -0.4 is 5.32 Å². The topological polar surface area (TPSA) is 49.4 Å². The summed E-state index contributed by atoms with van der Waals surface area (Å²) in [5, 5.41) is 3.64. The lowest BCUT2D eigenvalue weighted by Gasteiger charge is -2.29. The minimum atomic E-state index is -0.538. The molecule has 1 N–H and O–H groups in total. The van der Waals surface area contributed by atoms with E-state index >= 15 is 0 Å². The molecule has 0 saturated carbocycles. The second-order valence-corrected chi connectivity index (χ2v) is 9.37. The molecule has 0 spiro atoms. The minimum Gasteiger partial charge on any atom is -0.354 e. The smallest absolute Gasteiger partial charge is 0.242 e. The molecule has 4 nitrogen and oxygen atoms in total. The number of halogens is 1. The molecule has 0 fully saturated rings. The highest BCUT2D eigenvalue weighted by Crippen LogP contribution is 2.18. The van der Waals surface area contributed by atoms with Crippen LogP contribution in [-0.2, 0) is 21.9 Å². The summed E-state index contributed by atoms with van der Waals surface area (Å²) in [7, 11) is 0. The van der Waals surface area contributed by atoms with E-state index < -0.39 is 6.04 Å². The average Bonchev–Trinajstić information content (AvgIpc) is 2.69. The van der Waals surface area contributed by atoms with Crippen molar-refractivity contribution in [3.05, 3.63) is 70.2 Å². The van der Waals surface area contributed by atoms with Crippen molar-refractivity contribution in [3.63, 3.8) is 0 Å². The van der Waals surface area contributed by atoms with E-state index in [9.17, 15) is 9.59 Å². The number of benzene rings is 2. The van der Waals surface area contributed by atoms with E-state index in [1.165, 1.54) is 11.8 Å². The molecular formula is C24H31ClN2O2S. The molecule has 2 aromatic rings. The molecule has 0 aliphatic rings. The van der Waals surface area contributed by atoms with Crippen LogP contribution >= 0.6 is 23.4 Å². The minimum absolute atomic E-state index is 0.0456. The molecule has 6 heteroatoms. The molecule has 2 aromatic carbocycles. The quantitative estimate of drug-likeness (QED) is 0.554. The first-order valence-corrected chi connectivity index (χ1v) is 11.7. The van der Waals surface area contributed by atoms with Crippen LogP contribution in [0.3, 0.4) is 0 Å². The van der Waals surface area contributed by atoms with Crippen molar-refractivity contribution in [2.45, 2.75) is 46.0 Å². The Kier molecular flexibility index (Phi) is 9.73. The second-order valence-electron chi connectivity index (χ2n) is 7.95. The molecule has 2 amide bonds. The fourth-order valence-electron chi connectivity index (χ4n) is 3.01. The lowest BCUT2D eigenvalue weighted by Crippen LogP contribution is -2.48. The molecular weight excluding hydrogens is 416 g/mol. The Morgan fingerprint density at radius 1 is 1.07 bits per heavy atom. The summed E-state index contributed by atoms with van der Waals surface area (Å²) in [4.78, 5) is 27.4. The summed E-state index contributed by atoms with van der Waals surface area (Å²) in [6.07, 6.45) is 0.